The van der Waals surface area contributed by atoms with Gasteiger partial charge >= 0.3 is 0 Å². The Balaban J connectivity index is 1.42. The fourth-order valence-corrected chi connectivity index (χ4v) is 3.66. The Labute approximate surface area is 163 Å². The van der Waals surface area contributed by atoms with E-state index in [0.29, 0.717) is 5.56 Å². The predicted octanol–water partition coefficient (Wildman–Crippen LogP) is 2.90. The van der Waals surface area contributed by atoms with Gasteiger partial charge in [-0.2, -0.15) is 0 Å². The summed E-state index contributed by atoms with van der Waals surface area (Å²) in [6.07, 6.45) is 0. The molecule has 0 aliphatic carbocycles. The molecule has 0 saturated carbocycles. The molecule has 7 heteroatoms. The molecule has 1 amide bonds. The first kappa shape index (κ1) is 17.8. The summed E-state index contributed by atoms with van der Waals surface area (Å²) in [6, 6.07) is 13.6. The van der Waals surface area contributed by atoms with Crippen LogP contribution in [0.5, 0.6) is 0 Å². The quantitative estimate of drug-likeness (QED) is 0.727. The van der Waals surface area contributed by atoms with Gasteiger partial charge in [0.2, 0.25) is 5.95 Å². The zero-order chi connectivity index (χ0) is 18.8. The molecule has 0 atom stereocenters. The van der Waals surface area contributed by atoms with Gasteiger partial charge in [-0.3, -0.25) is 9.69 Å². The topological polar surface area (TPSA) is 64.3 Å². The lowest BCUT2D eigenvalue weighted by Gasteiger charge is -2.34. The number of carbonyl (C=O) groups excluding carboxylic acids is 1. The summed E-state index contributed by atoms with van der Waals surface area (Å²) in [5, 5.41) is 3.43. The molecule has 0 bridgehead atoms. The fraction of sp³-hybridized carbons (Fsp3) is 0.300. The van der Waals surface area contributed by atoms with Gasteiger partial charge in [0, 0.05) is 50.4 Å². The predicted molar refractivity (Wildman–Crippen MR) is 108 cm³/mol. The Bertz CT molecular complexity index is 962. The molecule has 27 heavy (non-hydrogen) atoms. The zero-order valence-corrected chi connectivity index (χ0v) is 16.0. The molecular weight excluding hydrogens is 362 g/mol. The van der Waals surface area contributed by atoms with Gasteiger partial charge in [0.05, 0.1) is 11.0 Å². The Morgan fingerprint density at radius 2 is 2.00 bits per heavy atom. The van der Waals surface area contributed by atoms with Crippen LogP contribution in [0, 0.1) is 0 Å². The maximum Gasteiger partial charge on any atom is 0.251 e. The number of carbonyl (C=O) groups is 1. The standard InChI is InChI=1S/C20H22ClN5O/c1-22-19(27)15-5-6-17-18(12-15)24-20(23-17)26-9-7-25(8-10-26)13-14-3-2-4-16(21)11-14/h2-6,11-12H,7-10,13H2,1H3,(H,22,27)(H,23,24). The van der Waals surface area contributed by atoms with E-state index in [1.807, 2.05) is 30.3 Å². The Morgan fingerprint density at radius 1 is 1.19 bits per heavy atom. The van der Waals surface area contributed by atoms with E-state index in [9.17, 15) is 4.79 Å². The third-order valence-corrected chi connectivity index (χ3v) is 5.16. The first-order valence-corrected chi connectivity index (χ1v) is 9.44. The number of benzene rings is 2. The van der Waals surface area contributed by atoms with Crippen LogP contribution in [0.3, 0.4) is 0 Å². The van der Waals surface area contributed by atoms with E-state index in [0.717, 1.165) is 54.7 Å². The van der Waals surface area contributed by atoms with Crippen LogP contribution in [-0.2, 0) is 6.54 Å². The third-order valence-electron chi connectivity index (χ3n) is 4.93. The number of nitrogens with one attached hydrogen (secondary N) is 2. The molecule has 6 nitrogen and oxygen atoms in total. The lowest BCUT2D eigenvalue weighted by molar-refractivity contribution is 0.0963. The summed E-state index contributed by atoms with van der Waals surface area (Å²) >= 11 is 6.08. The molecule has 0 radical (unpaired) electrons. The van der Waals surface area contributed by atoms with Gasteiger partial charge < -0.3 is 15.2 Å². The SMILES string of the molecule is CNC(=O)c1ccc2nc(N3CCN(Cc4cccc(Cl)c4)CC3)[nH]c2c1. The number of nitrogens with zero attached hydrogens (tertiary/aromatic N) is 3. The average molecular weight is 384 g/mol. The molecule has 0 spiro atoms. The number of anilines is 1. The molecule has 2 aromatic carbocycles. The van der Waals surface area contributed by atoms with Gasteiger partial charge in [0.1, 0.15) is 0 Å². The van der Waals surface area contributed by atoms with Crippen molar-refractivity contribution < 1.29 is 4.79 Å². The second-order valence-corrected chi connectivity index (χ2v) is 7.20. The van der Waals surface area contributed by atoms with E-state index in [1.165, 1.54) is 5.56 Å². The lowest BCUT2D eigenvalue weighted by atomic mass is 10.2. The number of rotatable bonds is 4. The zero-order valence-electron chi connectivity index (χ0n) is 15.2. The van der Waals surface area contributed by atoms with Gasteiger partial charge in [-0.25, -0.2) is 4.98 Å². The minimum absolute atomic E-state index is 0.0947. The minimum Gasteiger partial charge on any atom is -0.355 e. The highest BCUT2D eigenvalue weighted by molar-refractivity contribution is 6.30. The Hall–Kier alpha value is -2.57. The first-order chi connectivity index (χ1) is 13.1. The summed E-state index contributed by atoms with van der Waals surface area (Å²) in [7, 11) is 1.63. The number of fused-ring (bicyclic) bond motifs is 1. The minimum atomic E-state index is -0.0947. The number of amides is 1. The van der Waals surface area contributed by atoms with Crippen LogP contribution in [0.1, 0.15) is 15.9 Å². The fourth-order valence-electron chi connectivity index (χ4n) is 3.44. The number of piperazine rings is 1. The summed E-state index contributed by atoms with van der Waals surface area (Å²) in [5.74, 6) is 0.768. The Morgan fingerprint density at radius 3 is 2.74 bits per heavy atom. The van der Waals surface area contributed by atoms with Crippen LogP contribution in [0.25, 0.3) is 11.0 Å². The van der Waals surface area contributed by atoms with Gasteiger partial charge in [0.15, 0.2) is 0 Å². The summed E-state index contributed by atoms with van der Waals surface area (Å²) in [4.78, 5) is 24.5. The van der Waals surface area contributed by atoms with Gasteiger partial charge in [-0.05, 0) is 35.9 Å². The van der Waals surface area contributed by atoms with Gasteiger partial charge in [-0.15, -0.1) is 0 Å². The summed E-state index contributed by atoms with van der Waals surface area (Å²) < 4.78 is 0. The van der Waals surface area contributed by atoms with Crippen LogP contribution < -0.4 is 10.2 Å². The van der Waals surface area contributed by atoms with Crippen LogP contribution in [0.4, 0.5) is 5.95 Å². The normalized spacial score (nSPS) is 15.3. The molecule has 2 N–H and O–H groups in total. The monoisotopic (exact) mass is 383 g/mol. The highest BCUT2D eigenvalue weighted by atomic mass is 35.5. The maximum atomic E-state index is 11.8. The molecule has 140 valence electrons. The van der Waals surface area contributed by atoms with Crippen molar-refractivity contribution in [3.63, 3.8) is 0 Å². The van der Waals surface area contributed by atoms with E-state index in [4.69, 9.17) is 11.6 Å². The van der Waals surface area contributed by atoms with Crippen molar-refractivity contribution in [2.45, 2.75) is 6.54 Å². The second-order valence-electron chi connectivity index (χ2n) is 6.76. The van der Waals surface area contributed by atoms with Crippen molar-refractivity contribution in [3.8, 4) is 0 Å². The average Bonchev–Trinajstić information content (AvgIpc) is 3.11. The van der Waals surface area contributed by atoms with Crippen molar-refractivity contribution in [1.29, 1.82) is 0 Å². The van der Waals surface area contributed by atoms with E-state index in [-0.39, 0.29) is 5.91 Å². The van der Waals surface area contributed by atoms with Gasteiger partial charge in [-0.1, -0.05) is 23.7 Å². The number of H-pyrrole nitrogens is 1. The molecule has 1 aromatic heterocycles. The maximum absolute atomic E-state index is 11.8. The second kappa shape index (κ2) is 7.58. The van der Waals surface area contributed by atoms with Crippen molar-refractivity contribution in [1.82, 2.24) is 20.2 Å². The van der Waals surface area contributed by atoms with Crippen molar-refractivity contribution in [3.05, 3.63) is 58.6 Å². The van der Waals surface area contributed by atoms with E-state index >= 15 is 0 Å². The van der Waals surface area contributed by atoms with E-state index < -0.39 is 0 Å². The largest absolute Gasteiger partial charge is 0.355 e. The number of imidazole rings is 1. The summed E-state index contributed by atoms with van der Waals surface area (Å²) in [6.45, 7) is 4.65. The molecule has 4 rings (SSSR count). The number of aromatic nitrogens is 2. The molecule has 1 saturated heterocycles. The Kier molecular flexibility index (Phi) is 5.01. The van der Waals surface area contributed by atoms with E-state index in [2.05, 4.69) is 31.2 Å². The number of halogens is 1. The third kappa shape index (κ3) is 3.91. The molecule has 1 aliphatic rings. The molecule has 2 heterocycles. The lowest BCUT2D eigenvalue weighted by Crippen LogP contribution is -2.46. The molecule has 3 aromatic rings. The van der Waals surface area contributed by atoms with Crippen LogP contribution in [0.2, 0.25) is 5.02 Å². The molecule has 1 aliphatic heterocycles. The smallest absolute Gasteiger partial charge is 0.251 e. The number of aromatic amines is 1. The number of hydrogen-bond donors (Lipinski definition) is 2. The van der Waals surface area contributed by atoms with Crippen molar-refractivity contribution in [2.75, 3.05) is 38.1 Å². The van der Waals surface area contributed by atoms with Gasteiger partial charge in [0.25, 0.3) is 5.91 Å². The molecule has 0 unspecified atom stereocenters. The highest BCUT2D eigenvalue weighted by Crippen LogP contribution is 2.21. The van der Waals surface area contributed by atoms with Crippen molar-refractivity contribution >= 4 is 34.5 Å². The first-order valence-electron chi connectivity index (χ1n) is 9.06. The number of hydrogen-bond acceptors (Lipinski definition) is 4. The van der Waals surface area contributed by atoms with Crippen molar-refractivity contribution in [2.24, 2.45) is 0 Å². The molecule has 1 fully saturated rings. The molecular formula is C20H22ClN5O. The van der Waals surface area contributed by atoms with Crippen LogP contribution in [-0.4, -0.2) is 54.0 Å². The van der Waals surface area contributed by atoms with Crippen LogP contribution >= 0.6 is 11.6 Å². The summed E-state index contributed by atoms with van der Waals surface area (Å²) in [5.41, 5.74) is 3.62. The van der Waals surface area contributed by atoms with E-state index in [1.54, 1.807) is 13.1 Å². The highest BCUT2D eigenvalue weighted by Gasteiger charge is 2.20. The van der Waals surface area contributed by atoms with Crippen LogP contribution in [0.15, 0.2) is 42.5 Å².